The number of hydrogen-bond donors (Lipinski definition) is 1. The second-order valence-electron chi connectivity index (χ2n) is 5.29. The molecule has 112 valence electrons. The van der Waals surface area contributed by atoms with Crippen molar-refractivity contribution in [3.8, 4) is 0 Å². The Hall–Kier alpha value is -2.79. The van der Waals surface area contributed by atoms with Gasteiger partial charge in [0, 0.05) is 21.4 Å². The Bertz CT molecular complexity index is 953. The second kappa shape index (κ2) is 5.44. The minimum Gasteiger partial charge on any atom is -0.287 e. The lowest BCUT2D eigenvalue weighted by molar-refractivity contribution is -0.120. The standard InChI is InChI=1S/C18H12N2O2S/c21-15(10-12-6-3-9-23-12)19-20-17-13-7-1-4-11-5-2-8-14(16(11)13)18(17)22/h1-9H,10H2,(H,19,21)/b20-17+. The predicted molar refractivity (Wildman–Crippen MR) is 91.0 cm³/mol. The number of rotatable bonds is 3. The third-order valence-electron chi connectivity index (χ3n) is 3.83. The molecule has 4 rings (SSSR count). The van der Waals surface area contributed by atoms with Crippen LogP contribution in [-0.2, 0) is 11.2 Å². The molecule has 0 atom stereocenters. The molecule has 0 saturated carbocycles. The van der Waals surface area contributed by atoms with Gasteiger partial charge in [-0.15, -0.1) is 11.3 Å². The Kier molecular flexibility index (Phi) is 3.28. The maximum atomic E-state index is 12.5. The summed E-state index contributed by atoms with van der Waals surface area (Å²) in [4.78, 5) is 25.5. The first kappa shape index (κ1) is 13.8. The van der Waals surface area contributed by atoms with E-state index in [1.165, 1.54) is 11.3 Å². The van der Waals surface area contributed by atoms with Crippen molar-refractivity contribution in [3.63, 3.8) is 0 Å². The minimum atomic E-state index is -0.226. The quantitative estimate of drug-likeness (QED) is 0.754. The molecule has 0 spiro atoms. The number of hydrogen-bond acceptors (Lipinski definition) is 4. The minimum absolute atomic E-state index is 0.145. The average Bonchev–Trinajstić information content (AvgIpc) is 3.15. The molecule has 0 radical (unpaired) electrons. The summed E-state index contributed by atoms with van der Waals surface area (Å²) in [6.07, 6.45) is 0.264. The van der Waals surface area contributed by atoms with Crippen LogP contribution in [0.4, 0.5) is 0 Å². The normalized spacial score (nSPS) is 14.6. The van der Waals surface area contributed by atoms with Crippen LogP contribution in [0.25, 0.3) is 10.8 Å². The van der Waals surface area contributed by atoms with Crippen LogP contribution < -0.4 is 5.43 Å². The molecule has 0 saturated heterocycles. The Morgan fingerprint density at radius 1 is 1.04 bits per heavy atom. The van der Waals surface area contributed by atoms with Crippen molar-refractivity contribution >= 4 is 39.5 Å². The van der Waals surface area contributed by atoms with E-state index >= 15 is 0 Å². The lowest BCUT2D eigenvalue weighted by Gasteiger charge is -2.01. The van der Waals surface area contributed by atoms with Gasteiger partial charge in [-0.25, -0.2) is 5.43 Å². The van der Waals surface area contributed by atoms with Gasteiger partial charge in [-0.05, 0) is 16.8 Å². The summed E-state index contributed by atoms with van der Waals surface area (Å²) in [5, 5.41) is 7.93. The van der Waals surface area contributed by atoms with Gasteiger partial charge in [0.15, 0.2) is 0 Å². The summed E-state index contributed by atoms with van der Waals surface area (Å²) in [5.74, 6) is -0.371. The van der Waals surface area contributed by atoms with Crippen LogP contribution in [0.1, 0.15) is 20.8 Å². The average molecular weight is 320 g/mol. The fourth-order valence-corrected chi connectivity index (χ4v) is 3.52. The topological polar surface area (TPSA) is 58.5 Å². The molecule has 0 aliphatic heterocycles. The van der Waals surface area contributed by atoms with E-state index in [0.29, 0.717) is 11.3 Å². The predicted octanol–water partition coefficient (Wildman–Crippen LogP) is 3.16. The van der Waals surface area contributed by atoms with E-state index in [1.54, 1.807) is 6.07 Å². The van der Waals surface area contributed by atoms with Gasteiger partial charge in [0.1, 0.15) is 5.71 Å². The van der Waals surface area contributed by atoms with Crippen molar-refractivity contribution in [2.75, 3.05) is 0 Å². The number of Topliss-reactive ketones (excluding diaryl/α,β-unsaturated/α-hetero) is 1. The van der Waals surface area contributed by atoms with Crippen molar-refractivity contribution in [1.29, 1.82) is 0 Å². The number of nitrogens with zero attached hydrogens (tertiary/aromatic N) is 1. The molecule has 1 N–H and O–H groups in total. The summed E-state index contributed by atoms with van der Waals surface area (Å²) < 4.78 is 0. The highest BCUT2D eigenvalue weighted by molar-refractivity contribution is 7.10. The van der Waals surface area contributed by atoms with Gasteiger partial charge in [-0.1, -0.05) is 42.5 Å². The Morgan fingerprint density at radius 2 is 1.83 bits per heavy atom. The molecular weight excluding hydrogens is 308 g/mol. The lowest BCUT2D eigenvalue weighted by atomic mass is 10.1. The van der Waals surface area contributed by atoms with Gasteiger partial charge in [-0.3, -0.25) is 9.59 Å². The molecular formula is C18H12N2O2S. The van der Waals surface area contributed by atoms with E-state index in [9.17, 15) is 9.59 Å². The molecule has 1 amide bonds. The molecule has 4 nitrogen and oxygen atoms in total. The number of nitrogens with one attached hydrogen (secondary N) is 1. The first-order valence-electron chi connectivity index (χ1n) is 7.20. The SMILES string of the molecule is O=C(Cc1cccs1)N/N=C1/C(=O)c2cccc3cccc1c23. The molecule has 1 aromatic heterocycles. The van der Waals surface area contributed by atoms with Crippen LogP contribution in [0, 0.1) is 0 Å². The van der Waals surface area contributed by atoms with E-state index < -0.39 is 0 Å². The van der Waals surface area contributed by atoms with Crippen LogP contribution in [0.3, 0.4) is 0 Å². The van der Waals surface area contributed by atoms with E-state index in [1.807, 2.05) is 47.8 Å². The van der Waals surface area contributed by atoms with E-state index in [0.717, 1.165) is 21.2 Å². The molecule has 23 heavy (non-hydrogen) atoms. The zero-order valence-electron chi connectivity index (χ0n) is 12.1. The molecule has 3 aromatic rings. The number of thiophene rings is 1. The second-order valence-corrected chi connectivity index (χ2v) is 6.32. The van der Waals surface area contributed by atoms with E-state index in [4.69, 9.17) is 0 Å². The van der Waals surface area contributed by atoms with Crippen LogP contribution in [-0.4, -0.2) is 17.4 Å². The fourth-order valence-electron chi connectivity index (χ4n) is 2.82. The smallest absolute Gasteiger partial charge is 0.245 e. The van der Waals surface area contributed by atoms with Gasteiger partial charge in [0.05, 0.1) is 6.42 Å². The summed E-state index contributed by atoms with van der Waals surface area (Å²) in [6.45, 7) is 0. The third kappa shape index (κ3) is 2.35. The van der Waals surface area contributed by atoms with Crippen molar-refractivity contribution in [2.45, 2.75) is 6.42 Å². The molecule has 0 unspecified atom stereocenters. The van der Waals surface area contributed by atoms with Gasteiger partial charge < -0.3 is 0 Å². The zero-order valence-corrected chi connectivity index (χ0v) is 12.9. The van der Waals surface area contributed by atoms with Gasteiger partial charge >= 0.3 is 0 Å². The fraction of sp³-hybridized carbons (Fsp3) is 0.0556. The maximum Gasteiger partial charge on any atom is 0.245 e. The molecule has 0 bridgehead atoms. The van der Waals surface area contributed by atoms with Gasteiger partial charge in [-0.2, -0.15) is 5.10 Å². The van der Waals surface area contributed by atoms with Crippen molar-refractivity contribution in [1.82, 2.24) is 5.43 Å². The molecule has 2 aromatic carbocycles. The Balaban J connectivity index is 1.64. The summed E-state index contributed by atoms with van der Waals surface area (Å²) in [6, 6.07) is 15.1. The number of ketones is 1. The molecule has 1 aliphatic carbocycles. The first-order chi connectivity index (χ1) is 11.2. The Labute approximate surface area is 136 Å². The van der Waals surface area contributed by atoms with Gasteiger partial charge in [0.2, 0.25) is 11.7 Å². The third-order valence-corrected chi connectivity index (χ3v) is 4.70. The highest BCUT2D eigenvalue weighted by atomic mass is 32.1. The van der Waals surface area contributed by atoms with Crippen LogP contribution in [0.15, 0.2) is 59.0 Å². The van der Waals surface area contributed by atoms with Crippen molar-refractivity contribution in [3.05, 3.63) is 69.9 Å². The van der Waals surface area contributed by atoms with E-state index in [2.05, 4.69) is 10.5 Å². The van der Waals surface area contributed by atoms with Crippen molar-refractivity contribution in [2.24, 2.45) is 5.10 Å². The summed E-state index contributed by atoms with van der Waals surface area (Å²) in [7, 11) is 0. The largest absolute Gasteiger partial charge is 0.287 e. The van der Waals surface area contributed by atoms with Crippen molar-refractivity contribution < 1.29 is 9.59 Å². The highest BCUT2D eigenvalue weighted by Gasteiger charge is 2.28. The number of hydrazone groups is 1. The number of amides is 1. The van der Waals surface area contributed by atoms with Crippen LogP contribution in [0.2, 0.25) is 0 Å². The highest BCUT2D eigenvalue weighted by Crippen LogP contribution is 2.30. The molecule has 5 heteroatoms. The maximum absolute atomic E-state index is 12.5. The Morgan fingerprint density at radius 3 is 2.57 bits per heavy atom. The number of carbonyl (C=O) groups excluding carboxylic acids is 2. The lowest BCUT2D eigenvalue weighted by Crippen LogP contribution is -2.23. The summed E-state index contributed by atoms with van der Waals surface area (Å²) >= 11 is 1.52. The monoisotopic (exact) mass is 320 g/mol. The zero-order chi connectivity index (χ0) is 15.8. The molecule has 0 fully saturated rings. The van der Waals surface area contributed by atoms with Gasteiger partial charge in [0.25, 0.3) is 0 Å². The van der Waals surface area contributed by atoms with E-state index in [-0.39, 0.29) is 18.1 Å². The first-order valence-corrected chi connectivity index (χ1v) is 8.08. The van der Waals surface area contributed by atoms with Crippen LogP contribution >= 0.6 is 11.3 Å². The number of carbonyl (C=O) groups is 2. The molecule has 1 heterocycles. The summed E-state index contributed by atoms with van der Waals surface area (Å²) in [5.41, 5.74) is 4.23. The molecule has 1 aliphatic rings. The number of benzene rings is 2. The van der Waals surface area contributed by atoms with Crippen LogP contribution in [0.5, 0.6) is 0 Å².